The molecule has 0 saturated carbocycles. The van der Waals surface area contributed by atoms with Gasteiger partial charge in [-0.1, -0.05) is 42.6 Å². The molecule has 0 saturated heterocycles. The zero-order valence-corrected chi connectivity index (χ0v) is 17.3. The highest BCUT2D eigenvalue weighted by atomic mass is 35.5. The van der Waals surface area contributed by atoms with E-state index in [0.717, 1.165) is 55.5 Å². The summed E-state index contributed by atoms with van der Waals surface area (Å²) in [5, 5.41) is 7.87. The van der Waals surface area contributed by atoms with Gasteiger partial charge in [-0.2, -0.15) is 0 Å². The fraction of sp³-hybridized carbons (Fsp3) is 0.478. The molecule has 0 radical (unpaired) electrons. The SMILES string of the molecule is Clc1ccc(CCNCCCCCCNCCc2ccc3c(c2)OCO3)cc1. The van der Waals surface area contributed by atoms with Crippen LogP contribution in [0.4, 0.5) is 0 Å². The lowest BCUT2D eigenvalue weighted by atomic mass is 10.1. The van der Waals surface area contributed by atoms with Crippen molar-refractivity contribution in [1.29, 1.82) is 0 Å². The molecule has 28 heavy (non-hydrogen) atoms. The van der Waals surface area contributed by atoms with E-state index in [2.05, 4.69) is 34.9 Å². The van der Waals surface area contributed by atoms with E-state index in [0.29, 0.717) is 6.79 Å². The minimum absolute atomic E-state index is 0.342. The molecule has 0 unspecified atom stereocenters. The van der Waals surface area contributed by atoms with Gasteiger partial charge < -0.3 is 20.1 Å². The number of unbranched alkanes of at least 4 members (excludes halogenated alkanes) is 3. The number of nitrogens with one attached hydrogen (secondary N) is 2. The normalized spacial score (nSPS) is 12.5. The number of fused-ring (bicyclic) bond motifs is 1. The van der Waals surface area contributed by atoms with E-state index in [1.54, 1.807) is 0 Å². The van der Waals surface area contributed by atoms with Gasteiger partial charge in [-0.3, -0.25) is 0 Å². The lowest BCUT2D eigenvalue weighted by molar-refractivity contribution is 0.174. The van der Waals surface area contributed by atoms with Gasteiger partial charge in [-0.05, 0) is 87.3 Å². The van der Waals surface area contributed by atoms with Crippen molar-refractivity contribution >= 4 is 11.6 Å². The molecule has 2 aromatic carbocycles. The molecule has 0 bridgehead atoms. The van der Waals surface area contributed by atoms with Crippen molar-refractivity contribution < 1.29 is 9.47 Å². The van der Waals surface area contributed by atoms with Crippen LogP contribution < -0.4 is 20.1 Å². The molecule has 152 valence electrons. The third-order valence-electron chi connectivity index (χ3n) is 4.99. The molecule has 1 heterocycles. The van der Waals surface area contributed by atoms with Crippen LogP contribution in [-0.4, -0.2) is 33.0 Å². The van der Waals surface area contributed by atoms with Crippen LogP contribution in [0.2, 0.25) is 5.02 Å². The fourth-order valence-electron chi connectivity index (χ4n) is 3.32. The number of halogens is 1. The van der Waals surface area contributed by atoms with E-state index < -0.39 is 0 Å². The Morgan fingerprint density at radius 1 is 0.679 bits per heavy atom. The number of benzene rings is 2. The summed E-state index contributed by atoms with van der Waals surface area (Å²) in [5.74, 6) is 1.73. The zero-order chi connectivity index (χ0) is 19.4. The smallest absolute Gasteiger partial charge is 0.231 e. The molecule has 0 amide bonds. The van der Waals surface area contributed by atoms with E-state index in [9.17, 15) is 0 Å². The summed E-state index contributed by atoms with van der Waals surface area (Å²) in [6, 6.07) is 14.3. The standard InChI is InChI=1S/C23H31ClN2O2/c24-21-8-5-19(6-9-21)11-15-25-13-3-1-2-4-14-26-16-12-20-7-10-22-23(17-20)28-18-27-22/h5-10,17,25-26H,1-4,11-16,18H2. The quantitative estimate of drug-likeness (QED) is 0.481. The molecule has 0 aliphatic carbocycles. The van der Waals surface area contributed by atoms with Crippen molar-refractivity contribution in [1.82, 2.24) is 10.6 Å². The second-order valence-corrected chi connectivity index (χ2v) is 7.66. The number of hydrogen-bond donors (Lipinski definition) is 2. The van der Waals surface area contributed by atoms with E-state index in [4.69, 9.17) is 21.1 Å². The highest BCUT2D eigenvalue weighted by molar-refractivity contribution is 6.30. The van der Waals surface area contributed by atoms with Crippen molar-refractivity contribution in [3.05, 3.63) is 58.6 Å². The molecular formula is C23H31ClN2O2. The maximum atomic E-state index is 5.90. The third kappa shape index (κ3) is 7.34. The van der Waals surface area contributed by atoms with Gasteiger partial charge in [0.25, 0.3) is 0 Å². The Labute approximate surface area is 173 Å². The second-order valence-electron chi connectivity index (χ2n) is 7.23. The van der Waals surface area contributed by atoms with Crippen LogP contribution in [0.5, 0.6) is 11.5 Å². The van der Waals surface area contributed by atoms with Gasteiger partial charge in [0.15, 0.2) is 11.5 Å². The summed E-state index contributed by atoms with van der Waals surface area (Å²) in [4.78, 5) is 0. The van der Waals surface area contributed by atoms with Crippen molar-refractivity contribution in [2.75, 3.05) is 33.0 Å². The van der Waals surface area contributed by atoms with E-state index >= 15 is 0 Å². The second kappa shape index (κ2) is 11.9. The van der Waals surface area contributed by atoms with E-state index in [1.807, 2.05) is 18.2 Å². The van der Waals surface area contributed by atoms with Gasteiger partial charge in [-0.15, -0.1) is 0 Å². The number of hydrogen-bond acceptors (Lipinski definition) is 4. The van der Waals surface area contributed by atoms with Crippen LogP contribution in [0, 0.1) is 0 Å². The lowest BCUT2D eigenvalue weighted by Gasteiger charge is -2.07. The molecule has 3 rings (SSSR count). The third-order valence-corrected chi connectivity index (χ3v) is 5.24. The summed E-state index contributed by atoms with van der Waals surface area (Å²) in [7, 11) is 0. The van der Waals surface area contributed by atoms with Crippen LogP contribution in [0.3, 0.4) is 0 Å². The van der Waals surface area contributed by atoms with Crippen LogP contribution in [0.25, 0.3) is 0 Å². The molecule has 0 aromatic heterocycles. The van der Waals surface area contributed by atoms with Crippen LogP contribution >= 0.6 is 11.6 Å². The summed E-state index contributed by atoms with van der Waals surface area (Å²) < 4.78 is 10.8. The Kier molecular flexibility index (Phi) is 8.95. The van der Waals surface area contributed by atoms with Crippen molar-refractivity contribution in [3.63, 3.8) is 0 Å². The van der Waals surface area contributed by atoms with Crippen molar-refractivity contribution in [3.8, 4) is 11.5 Å². The first-order valence-electron chi connectivity index (χ1n) is 10.4. The molecule has 1 aliphatic heterocycles. The van der Waals surface area contributed by atoms with Gasteiger partial charge in [0.1, 0.15) is 0 Å². The Morgan fingerprint density at radius 2 is 1.29 bits per heavy atom. The van der Waals surface area contributed by atoms with Crippen molar-refractivity contribution in [2.45, 2.75) is 38.5 Å². The topological polar surface area (TPSA) is 42.5 Å². The first-order chi connectivity index (χ1) is 13.8. The van der Waals surface area contributed by atoms with Crippen LogP contribution in [0.15, 0.2) is 42.5 Å². The Hall–Kier alpha value is -1.75. The molecule has 5 heteroatoms. The zero-order valence-electron chi connectivity index (χ0n) is 16.5. The average Bonchev–Trinajstić information content (AvgIpc) is 3.18. The Bertz CT molecular complexity index is 706. The van der Waals surface area contributed by atoms with Gasteiger partial charge in [0.2, 0.25) is 6.79 Å². The molecule has 0 fully saturated rings. The first kappa shape index (κ1) is 21.0. The lowest BCUT2D eigenvalue weighted by Crippen LogP contribution is -2.19. The average molecular weight is 403 g/mol. The van der Waals surface area contributed by atoms with Gasteiger partial charge in [0.05, 0.1) is 0 Å². The summed E-state index contributed by atoms with van der Waals surface area (Å²) in [6.07, 6.45) is 7.15. The molecule has 1 aliphatic rings. The summed E-state index contributed by atoms with van der Waals surface area (Å²) in [6.45, 7) is 4.57. The molecular weight excluding hydrogens is 372 g/mol. The van der Waals surface area contributed by atoms with Crippen molar-refractivity contribution in [2.24, 2.45) is 0 Å². The van der Waals surface area contributed by atoms with E-state index in [-0.39, 0.29) is 0 Å². The number of ether oxygens (including phenoxy) is 2. The molecule has 2 aromatic rings. The largest absolute Gasteiger partial charge is 0.454 e. The number of rotatable bonds is 13. The molecule has 4 nitrogen and oxygen atoms in total. The Morgan fingerprint density at radius 3 is 2.00 bits per heavy atom. The minimum Gasteiger partial charge on any atom is -0.454 e. The predicted molar refractivity (Wildman–Crippen MR) is 116 cm³/mol. The molecule has 0 atom stereocenters. The molecule has 2 N–H and O–H groups in total. The van der Waals surface area contributed by atoms with Gasteiger partial charge >= 0.3 is 0 Å². The van der Waals surface area contributed by atoms with E-state index in [1.165, 1.54) is 36.8 Å². The fourth-order valence-corrected chi connectivity index (χ4v) is 3.44. The Balaban J connectivity index is 1.11. The monoisotopic (exact) mass is 402 g/mol. The van der Waals surface area contributed by atoms with Crippen LogP contribution in [0.1, 0.15) is 36.8 Å². The summed E-state index contributed by atoms with van der Waals surface area (Å²) >= 11 is 5.90. The maximum absolute atomic E-state index is 5.90. The highest BCUT2D eigenvalue weighted by Gasteiger charge is 2.12. The predicted octanol–water partition coefficient (Wildman–Crippen LogP) is 4.59. The minimum atomic E-state index is 0.342. The summed E-state index contributed by atoms with van der Waals surface area (Å²) in [5.41, 5.74) is 2.63. The van der Waals surface area contributed by atoms with Gasteiger partial charge in [0, 0.05) is 5.02 Å². The first-order valence-corrected chi connectivity index (χ1v) is 10.7. The molecule has 0 spiro atoms. The highest BCUT2D eigenvalue weighted by Crippen LogP contribution is 2.32. The van der Waals surface area contributed by atoms with Gasteiger partial charge in [-0.25, -0.2) is 0 Å². The maximum Gasteiger partial charge on any atom is 0.231 e. The van der Waals surface area contributed by atoms with Crippen LogP contribution in [-0.2, 0) is 12.8 Å².